The number of halogens is 4. The average molecular weight is 666 g/mol. The van der Waals surface area contributed by atoms with Gasteiger partial charge in [-0.25, -0.2) is 8.78 Å². The topological polar surface area (TPSA) is 93.6 Å². The SMILES string of the molecule is N#Cc1cncc(COc2cc(O[C@H]3CCc4c(-c5cccc(OCCCN6CC(F)(F)C6)c5Cl)cccc43)c(Cl)cc2CN)c1. The summed E-state index contributed by atoms with van der Waals surface area (Å²) in [5.74, 6) is -0.979. The highest BCUT2D eigenvalue weighted by Crippen LogP contribution is 2.45. The molecule has 46 heavy (non-hydrogen) atoms. The zero-order valence-corrected chi connectivity index (χ0v) is 26.5. The molecule has 2 heterocycles. The molecule has 1 aliphatic heterocycles. The molecule has 0 amide bonds. The van der Waals surface area contributed by atoms with Gasteiger partial charge in [0.2, 0.25) is 0 Å². The van der Waals surface area contributed by atoms with Gasteiger partial charge >= 0.3 is 0 Å². The lowest BCUT2D eigenvalue weighted by Gasteiger charge is -2.38. The molecule has 1 aromatic heterocycles. The summed E-state index contributed by atoms with van der Waals surface area (Å²) in [5.41, 5.74) is 12.0. The molecule has 2 aliphatic rings. The van der Waals surface area contributed by atoms with Crippen molar-refractivity contribution in [1.82, 2.24) is 9.88 Å². The molecule has 6 rings (SSSR count). The number of ether oxygens (including phenoxy) is 3. The van der Waals surface area contributed by atoms with Gasteiger partial charge in [0.05, 0.1) is 35.3 Å². The highest BCUT2D eigenvalue weighted by Gasteiger charge is 2.43. The van der Waals surface area contributed by atoms with E-state index < -0.39 is 5.92 Å². The van der Waals surface area contributed by atoms with Crippen molar-refractivity contribution in [2.45, 2.75) is 44.4 Å². The molecular formula is C35H32Cl2F2N4O3. The predicted molar refractivity (Wildman–Crippen MR) is 173 cm³/mol. The van der Waals surface area contributed by atoms with E-state index in [1.807, 2.05) is 30.3 Å². The molecule has 7 nitrogen and oxygen atoms in total. The standard InChI is InChI=1S/C35H32Cl2F2N4O3/c36-29-13-24(16-41)32(45-19-23-12-22(15-40)17-42-18-23)14-33(29)46-30-9-8-26-25(4-1-5-27(26)30)28-6-2-7-31(34(28)37)44-11-3-10-43-20-35(38,39)21-43/h1-2,4-7,12-14,17-18,30H,3,8-11,16,19-21,41H2/t30-/m0/s1. The molecule has 0 saturated carbocycles. The summed E-state index contributed by atoms with van der Waals surface area (Å²) in [4.78, 5) is 5.81. The lowest BCUT2D eigenvalue weighted by molar-refractivity contribution is -0.130. The number of hydrogen-bond donors (Lipinski definition) is 1. The maximum atomic E-state index is 13.1. The Kier molecular flexibility index (Phi) is 9.62. The molecule has 0 radical (unpaired) electrons. The van der Waals surface area contributed by atoms with Crippen LogP contribution in [0.1, 0.15) is 46.8 Å². The van der Waals surface area contributed by atoms with Crippen molar-refractivity contribution in [3.8, 4) is 34.4 Å². The molecule has 0 spiro atoms. The Hall–Kier alpha value is -3.94. The molecule has 11 heteroatoms. The van der Waals surface area contributed by atoms with Crippen molar-refractivity contribution in [3.05, 3.63) is 105 Å². The molecule has 238 valence electrons. The van der Waals surface area contributed by atoms with Gasteiger partial charge in [-0.1, -0.05) is 53.5 Å². The van der Waals surface area contributed by atoms with Gasteiger partial charge in [-0.15, -0.1) is 0 Å². The number of rotatable bonds is 12. The Bertz CT molecular complexity index is 1770. The third-order valence-electron chi connectivity index (χ3n) is 8.18. The molecule has 1 fully saturated rings. The van der Waals surface area contributed by atoms with Crippen LogP contribution in [0, 0.1) is 11.3 Å². The fourth-order valence-corrected chi connectivity index (χ4v) is 6.47. The minimum Gasteiger partial charge on any atom is -0.492 e. The van der Waals surface area contributed by atoms with Gasteiger partial charge in [-0.05, 0) is 54.2 Å². The van der Waals surface area contributed by atoms with Crippen LogP contribution < -0.4 is 19.9 Å². The van der Waals surface area contributed by atoms with Crippen LogP contribution in [-0.2, 0) is 19.6 Å². The quantitative estimate of drug-likeness (QED) is 0.155. The number of nitriles is 1. The van der Waals surface area contributed by atoms with Gasteiger partial charge in [0, 0.05) is 48.2 Å². The highest BCUT2D eigenvalue weighted by atomic mass is 35.5. The summed E-state index contributed by atoms with van der Waals surface area (Å²) in [6.07, 6.45) is 5.06. The molecule has 1 aliphatic carbocycles. The van der Waals surface area contributed by atoms with Crippen molar-refractivity contribution < 1.29 is 23.0 Å². The van der Waals surface area contributed by atoms with E-state index >= 15 is 0 Å². The number of likely N-dealkylation sites (tertiary alicyclic amines) is 1. The zero-order valence-electron chi connectivity index (χ0n) is 24.9. The first-order valence-corrected chi connectivity index (χ1v) is 15.8. The monoisotopic (exact) mass is 664 g/mol. The minimum absolute atomic E-state index is 0.190. The van der Waals surface area contributed by atoms with E-state index in [9.17, 15) is 14.0 Å². The summed E-state index contributed by atoms with van der Waals surface area (Å²) in [6, 6.07) is 19.1. The second-order valence-corrected chi connectivity index (χ2v) is 12.3. The van der Waals surface area contributed by atoms with Gasteiger partial charge in [-0.3, -0.25) is 9.88 Å². The summed E-state index contributed by atoms with van der Waals surface area (Å²) < 4.78 is 44.7. The van der Waals surface area contributed by atoms with E-state index in [-0.39, 0.29) is 32.3 Å². The van der Waals surface area contributed by atoms with Crippen molar-refractivity contribution >= 4 is 23.2 Å². The molecule has 2 N–H and O–H groups in total. The molecule has 3 aromatic carbocycles. The Balaban J connectivity index is 1.16. The molecular weight excluding hydrogens is 633 g/mol. The average Bonchev–Trinajstić information content (AvgIpc) is 3.46. The van der Waals surface area contributed by atoms with Crippen molar-refractivity contribution in [1.29, 1.82) is 5.26 Å². The lowest BCUT2D eigenvalue weighted by Crippen LogP contribution is -2.56. The van der Waals surface area contributed by atoms with Gasteiger partial charge in [0.25, 0.3) is 5.92 Å². The lowest BCUT2D eigenvalue weighted by atomic mass is 9.96. The number of nitrogens with two attached hydrogens (primary N) is 1. The molecule has 1 atom stereocenters. The van der Waals surface area contributed by atoms with E-state index in [0.717, 1.165) is 46.2 Å². The van der Waals surface area contributed by atoms with Crippen LogP contribution in [0.25, 0.3) is 11.1 Å². The van der Waals surface area contributed by atoms with E-state index in [4.69, 9.17) is 43.1 Å². The van der Waals surface area contributed by atoms with Crippen molar-refractivity contribution in [2.24, 2.45) is 5.73 Å². The fourth-order valence-electron chi connectivity index (χ4n) is 5.96. The maximum absolute atomic E-state index is 13.1. The Morgan fingerprint density at radius 2 is 1.80 bits per heavy atom. The number of fused-ring (bicyclic) bond motifs is 1. The second-order valence-electron chi connectivity index (χ2n) is 11.5. The van der Waals surface area contributed by atoms with Crippen LogP contribution in [0.15, 0.2) is 67.0 Å². The van der Waals surface area contributed by atoms with Gasteiger partial charge < -0.3 is 19.9 Å². The van der Waals surface area contributed by atoms with Gasteiger partial charge in [0.15, 0.2) is 0 Å². The van der Waals surface area contributed by atoms with Crippen molar-refractivity contribution in [2.75, 3.05) is 26.2 Å². The van der Waals surface area contributed by atoms with Gasteiger partial charge in [-0.2, -0.15) is 5.26 Å². The third kappa shape index (κ3) is 7.06. The highest BCUT2D eigenvalue weighted by molar-refractivity contribution is 6.35. The van der Waals surface area contributed by atoms with Gasteiger partial charge in [0.1, 0.15) is 36.0 Å². The Morgan fingerprint density at radius 3 is 2.59 bits per heavy atom. The van der Waals surface area contributed by atoms with Crippen LogP contribution in [0.5, 0.6) is 17.2 Å². The van der Waals surface area contributed by atoms with E-state index in [1.165, 1.54) is 6.20 Å². The van der Waals surface area contributed by atoms with Crippen LogP contribution in [0.3, 0.4) is 0 Å². The summed E-state index contributed by atoms with van der Waals surface area (Å²) in [5, 5.41) is 10.1. The first kappa shape index (κ1) is 32.0. The number of alkyl halides is 2. The smallest absolute Gasteiger partial charge is 0.272 e. The second kappa shape index (κ2) is 13.8. The number of benzene rings is 3. The largest absolute Gasteiger partial charge is 0.492 e. The Labute approximate surface area is 276 Å². The van der Waals surface area contributed by atoms with E-state index in [0.29, 0.717) is 52.4 Å². The van der Waals surface area contributed by atoms with Crippen LogP contribution in [0.2, 0.25) is 10.0 Å². The molecule has 0 bridgehead atoms. The summed E-state index contributed by atoms with van der Waals surface area (Å²) >= 11 is 13.5. The zero-order chi connectivity index (χ0) is 32.3. The number of aromatic nitrogens is 1. The van der Waals surface area contributed by atoms with Crippen LogP contribution in [-0.4, -0.2) is 42.0 Å². The Morgan fingerprint density at radius 1 is 1.00 bits per heavy atom. The minimum atomic E-state index is -2.57. The van der Waals surface area contributed by atoms with Crippen LogP contribution in [0.4, 0.5) is 8.78 Å². The molecule has 4 aromatic rings. The summed E-state index contributed by atoms with van der Waals surface area (Å²) in [6.45, 7) is 0.984. The normalized spacial score (nSPS) is 16.7. The fraction of sp³-hybridized carbons (Fsp3) is 0.314. The number of nitrogens with zero attached hydrogens (tertiary/aromatic N) is 3. The number of pyridine rings is 1. The van der Waals surface area contributed by atoms with E-state index in [1.54, 1.807) is 29.3 Å². The number of hydrogen-bond acceptors (Lipinski definition) is 7. The van der Waals surface area contributed by atoms with Crippen LogP contribution >= 0.6 is 23.2 Å². The van der Waals surface area contributed by atoms with E-state index in [2.05, 4.69) is 17.1 Å². The first-order chi connectivity index (χ1) is 22.2. The molecule has 1 saturated heterocycles. The first-order valence-electron chi connectivity index (χ1n) is 15.0. The third-order valence-corrected chi connectivity index (χ3v) is 8.86. The van der Waals surface area contributed by atoms with Crippen molar-refractivity contribution in [3.63, 3.8) is 0 Å². The maximum Gasteiger partial charge on any atom is 0.272 e. The summed E-state index contributed by atoms with van der Waals surface area (Å²) in [7, 11) is 0. The predicted octanol–water partition coefficient (Wildman–Crippen LogP) is 7.75. The molecule has 0 unspecified atom stereocenters.